The lowest BCUT2D eigenvalue weighted by Gasteiger charge is -2.19. The van der Waals surface area contributed by atoms with Crippen LogP contribution in [-0.4, -0.2) is 29.0 Å². The van der Waals surface area contributed by atoms with Crippen LogP contribution < -0.4 is 5.73 Å². The first-order valence-electron chi connectivity index (χ1n) is 14.7. The van der Waals surface area contributed by atoms with Crippen molar-refractivity contribution in [1.82, 2.24) is 0 Å². The van der Waals surface area contributed by atoms with E-state index in [0.717, 1.165) is 25.8 Å². The highest BCUT2D eigenvalue weighted by Crippen LogP contribution is 2.14. The molecule has 0 radical (unpaired) electrons. The van der Waals surface area contributed by atoms with Crippen molar-refractivity contribution < 1.29 is 8.85 Å². The van der Waals surface area contributed by atoms with Crippen molar-refractivity contribution in [2.24, 2.45) is 11.7 Å². The number of hydrogen-bond acceptors (Lipinski definition) is 3. The second kappa shape index (κ2) is 27.3. The molecule has 3 nitrogen and oxygen atoms in total. The van der Waals surface area contributed by atoms with Crippen molar-refractivity contribution in [2.45, 2.75) is 155 Å². The minimum Gasteiger partial charge on any atom is -0.397 e. The Hall–Kier alpha value is 0.0969. The highest BCUT2D eigenvalue weighted by molar-refractivity contribution is 6.44. The van der Waals surface area contributed by atoms with E-state index in [1.165, 1.54) is 128 Å². The van der Waals surface area contributed by atoms with Crippen molar-refractivity contribution >= 4 is 9.28 Å². The van der Waals surface area contributed by atoms with E-state index in [0.29, 0.717) is 5.92 Å². The largest absolute Gasteiger partial charge is 0.397 e. The quantitative estimate of drug-likeness (QED) is 0.0962. The van der Waals surface area contributed by atoms with E-state index >= 15 is 0 Å². The SMILES string of the molecule is CCCCCCCCCCCCO[SiH](CC(C)CN)OCCCCCCCCCCCC. The van der Waals surface area contributed by atoms with Gasteiger partial charge in [-0.2, -0.15) is 0 Å². The van der Waals surface area contributed by atoms with Gasteiger partial charge in [0, 0.05) is 13.2 Å². The Morgan fingerprint density at radius 3 is 1.16 bits per heavy atom. The second-order valence-electron chi connectivity index (χ2n) is 10.1. The fourth-order valence-electron chi connectivity index (χ4n) is 4.22. The second-order valence-corrected chi connectivity index (χ2v) is 12.1. The third kappa shape index (κ3) is 24.7. The summed E-state index contributed by atoms with van der Waals surface area (Å²) in [6, 6.07) is 1.06. The average Bonchev–Trinajstić information content (AvgIpc) is 2.80. The summed E-state index contributed by atoms with van der Waals surface area (Å²) < 4.78 is 12.5. The predicted octanol–water partition coefficient (Wildman–Crippen LogP) is 8.68. The van der Waals surface area contributed by atoms with Gasteiger partial charge in [-0.15, -0.1) is 0 Å². The Morgan fingerprint density at radius 1 is 0.531 bits per heavy atom. The molecule has 0 aromatic heterocycles. The molecular formula is C28H61NO2Si. The molecule has 0 aliphatic rings. The van der Waals surface area contributed by atoms with Crippen molar-refractivity contribution in [1.29, 1.82) is 0 Å². The Kier molecular flexibility index (Phi) is 27.4. The molecule has 0 fully saturated rings. The van der Waals surface area contributed by atoms with Gasteiger partial charge in [-0.25, -0.2) is 0 Å². The summed E-state index contributed by atoms with van der Waals surface area (Å²) in [7, 11) is -1.55. The van der Waals surface area contributed by atoms with E-state index in [-0.39, 0.29) is 0 Å². The summed E-state index contributed by atoms with van der Waals surface area (Å²) in [5, 5.41) is 0. The lowest BCUT2D eigenvalue weighted by molar-refractivity contribution is 0.185. The van der Waals surface area contributed by atoms with Gasteiger partial charge in [-0.1, -0.05) is 136 Å². The average molecular weight is 472 g/mol. The van der Waals surface area contributed by atoms with Crippen LogP contribution in [0.25, 0.3) is 0 Å². The standard InChI is InChI=1S/C28H61NO2Si/c1-4-6-8-10-12-14-16-18-20-22-24-30-32(27-28(3)26-29)31-25-23-21-19-17-15-13-11-9-7-5-2/h28,32H,4-27,29H2,1-3H3. The topological polar surface area (TPSA) is 44.5 Å². The molecule has 2 N–H and O–H groups in total. The maximum atomic E-state index is 6.24. The Labute approximate surface area is 204 Å². The molecule has 0 aromatic carbocycles. The Balaban J connectivity index is 3.64. The fraction of sp³-hybridized carbons (Fsp3) is 1.00. The summed E-state index contributed by atoms with van der Waals surface area (Å²) in [6.45, 7) is 9.33. The number of nitrogens with two attached hydrogens (primary N) is 1. The minimum absolute atomic E-state index is 0.520. The molecule has 1 unspecified atom stereocenters. The third-order valence-electron chi connectivity index (χ3n) is 6.60. The highest BCUT2D eigenvalue weighted by Gasteiger charge is 2.16. The van der Waals surface area contributed by atoms with Crippen molar-refractivity contribution in [3.05, 3.63) is 0 Å². The highest BCUT2D eigenvalue weighted by atomic mass is 28.3. The van der Waals surface area contributed by atoms with E-state index in [1.807, 2.05) is 0 Å². The number of hydrogen-bond donors (Lipinski definition) is 1. The molecule has 32 heavy (non-hydrogen) atoms. The maximum Gasteiger partial charge on any atom is 0.321 e. The zero-order valence-electron chi connectivity index (χ0n) is 22.5. The van der Waals surface area contributed by atoms with Crippen LogP contribution in [-0.2, 0) is 8.85 Å². The van der Waals surface area contributed by atoms with Gasteiger partial charge in [0.1, 0.15) is 0 Å². The molecule has 0 amide bonds. The van der Waals surface area contributed by atoms with Gasteiger partial charge in [-0.05, 0) is 31.3 Å². The first kappa shape index (κ1) is 32.1. The molecule has 1 atom stereocenters. The fourth-order valence-corrected chi connectivity index (χ4v) is 6.29. The molecule has 4 heteroatoms. The third-order valence-corrected chi connectivity index (χ3v) is 9.01. The lowest BCUT2D eigenvalue weighted by Crippen LogP contribution is -2.28. The summed E-state index contributed by atoms with van der Waals surface area (Å²) in [5.74, 6) is 0.520. The van der Waals surface area contributed by atoms with Gasteiger partial charge in [-0.3, -0.25) is 0 Å². The number of rotatable bonds is 27. The monoisotopic (exact) mass is 471 g/mol. The zero-order valence-corrected chi connectivity index (χ0v) is 23.7. The van der Waals surface area contributed by atoms with Crippen LogP contribution in [0.15, 0.2) is 0 Å². The summed E-state index contributed by atoms with van der Waals surface area (Å²) in [4.78, 5) is 0. The zero-order chi connectivity index (χ0) is 23.5. The smallest absolute Gasteiger partial charge is 0.321 e. The molecule has 0 aliphatic carbocycles. The minimum atomic E-state index is -1.55. The van der Waals surface area contributed by atoms with E-state index in [1.54, 1.807) is 0 Å². The van der Waals surface area contributed by atoms with Crippen LogP contribution in [0.2, 0.25) is 6.04 Å². The molecule has 0 heterocycles. The molecule has 0 rings (SSSR count). The van der Waals surface area contributed by atoms with Crippen LogP contribution in [0.4, 0.5) is 0 Å². The molecule has 0 saturated heterocycles. The molecule has 0 aromatic rings. The van der Waals surface area contributed by atoms with Crippen LogP contribution in [0.1, 0.15) is 149 Å². The normalized spacial score (nSPS) is 12.7. The van der Waals surface area contributed by atoms with Gasteiger partial charge in [0.05, 0.1) is 0 Å². The van der Waals surface area contributed by atoms with Crippen molar-refractivity contribution in [3.63, 3.8) is 0 Å². The van der Waals surface area contributed by atoms with Crippen LogP contribution in [0.5, 0.6) is 0 Å². The van der Waals surface area contributed by atoms with Crippen molar-refractivity contribution in [2.75, 3.05) is 19.8 Å². The Morgan fingerprint density at radius 2 is 0.844 bits per heavy atom. The molecular weight excluding hydrogens is 410 g/mol. The molecule has 0 spiro atoms. The maximum absolute atomic E-state index is 6.24. The summed E-state index contributed by atoms with van der Waals surface area (Å²) >= 11 is 0. The first-order chi connectivity index (χ1) is 15.7. The molecule has 0 bridgehead atoms. The Bertz CT molecular complexity index is 317. The summed E-state index contributed by atoms with van der Waals surface area (Å²) in [6.07, 6.45) is 27.4. The van der Waals surface area contributed by atoms with Gasteiger partial charge in [0.25, 0.3) is 0 Å². The molecule has 194 valence electrons. The van der Waals surface area contributed by atoms with Gasteiger partial charge in [0.2, 0.25) is 0 Å². The predicted molar refractivity (Wildman–Crippen MR) is 146 cm³/mol. The number of unbranched alkanes of at least 4 members (excludes halogenated alkanes) is 18. The van der Waals surface area contributed by atoms with Crippen molar-refractivity contribution in [3.8, 4) is 0 Å². The van der Waals surface area contributed by atoms with Crippen LogP contribution in [0, 0.1) is 5.92 Å². The first-order valence-corrected chi connectivity index (χ1v) is 16.4. The van der Waals surface area contributed by atoms with E-state index in [9.17, 15) is 0 Å². The van der Waals surface area contributed by atoms with Gasteiger partial charge in [0.15, 0.2) is 0 Å². The van der Waals surface area contributed by atoms with Crippen LogP contribution >= 0.6 is 0 Å². The summed E-state index contributed by atoms with van der Waals surface area (Å²) in [5.41, 5.74) is 5.85. The van der Waals surface area contributed by atoms with Crippen LogP contribution in [0.3, 0.4) is 0 Å². The van der Waals surface area contributed by atoms with E-state index < -0.39 is 9.28 Å². The molecule has 0 saturated carbocycles. The lowest BCUT2D eigenvalue weighted by atomic mass is 10.1. The van der Waals surface area contributed by atoms with E-state index in [4.69, 9.17) is 14.6 Å². The van der Waals surface area contributed by atoms with Gasteiger partial charge < -0.3 is 14.6 Å². The van der Waals surface area contributed by atoms with Gasteiger partial charge >= 0.3 is 9.28 Å². The van der Waals surface area contributed by atoms with E-state index in [2.05, 4.69) is 20.8 Å². The molecule has 0 aliphatic heterocycles.